The molecule has 0 aliphatic heterocycles. The predicted octanol–water partition coefficient (Wildman–Crippen LogP) is 16.0. The van der Waals surface area contributed by atoms with E-state index in [4.69, 9.17) is 5.41 Å². The summed E-state index contributed by atoms with van der Waals surface area (Å²) in [4.78, 5) is 25.7. The normalized spacial score (nSPS) is 11.7. The van der Waals surface area contributed by atoms with Crippen LogP contribution in [0.25, 0.3) is 0 Å². The summed E-state index contributed by atoms with van der Waals surface area (Å²) in [6, 6.07) is 10.2. The van der Waals surface area contributed by atoms with Crippen molar-refractivity contribution in [1.29, 1.82) is 5.41 Å². The Labute approximate surface area is 324 Å². The number of Topliss-reactive ketones (excluding diaryl/α,β-unsaturated/α-hetero) is 2. The average molecular weight is 731 g/mol. The summed E-state index contributed by atoms with van der Waals surface area (Å²) >= 11 is 0. The van der Waals surface area contributed by atoms with Crippen LogP contribution in [0.4, 0.5) is 0 Å². The van der Waals surface area contributed by atoms with Gasteiger partial charge in [0.2, 0.25) is 0 Å². The molecular formula is C47H84ClNO2. The number of carbonyl (C=O) groups excluding carboxylic acids is 2. The van der Waals surface area contributed by atoms with Gasteiger partial charge in [0.25, 0.3) is 0 Å². The highest BCUT2D eigenvalue weighted by atomic mass is 35.5. The van der Waals surface area contributed by atoms with Crippen LogP contribution in [0.15, 0.2) is 30.3 Å². The van der Waals surface area contributed by atoms with Gasteiger partial charge in [0.15, 0.2) is 5.78 Å². The summed E-state index contributed by atoms with van der Waals surface area (Å²) in [7, 11) is 0. The van der Waals surface area contributed by atoms with E-state index >= 15 is 0 Å². The maximum atomic E-state index is 13.4. The molecule has 0 spiro atoms. The van der Waals surface area contributed by atoms with Gasteiger partial charge in [-0.05, 0) is 37.7 Å². The van der Waals surface area contributed by atoms with Crippen LogP contribution in [-0.2, 0) is 9.59 Å². The van der Waals surface area contributed by atoms with Crippen molar-refractivity contribution in [3.63, 3.8) is 0 Å². The first-order valence-corrected chi connectivity index (χ1v) is 22.3. The third-order valence-corrected chi connectivity index (χ3v) is 10.9. The molecule has 51 heavy (non-hydrogen) atoms. The lowest BCUT2D eigenvalue weighted by atomic mass is 9.86. The minimum atomic E-state index is -0.163. The van der Waals surface area contributed by atoms with Crippen LogP contribution in [0, 0.1) is 5.41 Å². The highest BCUT2D eigenvalue weighted by molar-refractivity contribution is 6.40. The molecule has 0 saturated heterocycles. The van der Waals surface area contributed by atoms with E-state index in [9.17, 15) is 9.59 Å². The van der Waals surface area contributed by atoms with Crippen molar-refractivity contribution < 1.29 is 9.59 Å². The van der Waals surface area contributed by atoms with Gasteiger partial charge in [0.1, 0.15) is 5.78 Å². The summed E-state index contributed by atoms with van der Waals surface area (Å²) in [5.41, 5.74) is 1.39. The SMILES string of the molecule is CCCCCCCCCCCCCCCC(=O)CCCCCCCCC(=N)C(=O)C(CCCCCCCCCCCCCC)c1ccccc1.Cl. The van der Waals surface area contributed by atoms with E-state index < -0.39 is 0 Å². The van der Waals surface area contributed by atoms with E-state index in [0.717, 1.165) is 76.2 Å². The van der Waals surface area contributed by atoms with Gasteiger partial charge in [0, 0.05) is 18.8 Å². The minimum absolute atomic E-state index is 0. The molecule has 0 aromatic heterocycles. The van der Waals surface area contributed by atoms with Crippen LogP contribution < -0.4 is 0 Å². The average Bonchev–Trinajstić information content (AvgIpc) is 3.13. The first-order chi connectivity index (χ1) is 24.6. The molecule has 3 nitrogen and oxygen atoms in total. The smallest absolute Gasteiger partial charge is 0.183 e. The highest BCUT2D eigenvalue weighted by Gasteiger charge is 2.23. The second-order valence-electron chi connectivity index (χ2n) is 15.6. The van der Waals surface area contributed by atoms with Crippen LogP contribution in [0.1, 0.15) is 250 Å². The zero-order valence-electron chi connectivity index (χ0n) is 33.9. The second-order valence-corrected chi connectivity index (χ2v) is 15.6. The lowest BCUT2D eigenvalue weighted by molar-refractivity contribution is -0.119. The van der Waals surface area contributed by atoms with Crippen LogP contribution >= 0.6 is 12.4 Å². The Kier molecular flexibility index (Phi) is 37.1. The summed E-state index contributed by atoms with van der Waals surface area (Å²) in [6.07, 6.45) is 42.7. The number of ketones is 2. The molecule has 0 aliphatic rings. The van der Waals surface area contributed by atoms with Crippen LogP contribution in [0.2, 0.25) is 0 Å². The van der Waals surface area contributed by atoms with E-state index in [0.29, 0.717) is 17.9 Å². The van der Waals surface area contributed by atoms with E-state index in [1.165, 1.54) is 148 Å². The second kappa shape index (κ2) is 38.3. The number of carbonyl (C=O) groups is 2. The Hall–Kier alpha value is -1.48. The zero-order valence-corrected chi connectivity index (χ0v) is 34.8. The van der Waals surface area contributed by atoms with E-state index in [-0.39, 0.29) is 24.1 Å². The molecule has 1 unspecified atom stereocenters. The molecule has 296 valence electrons. The lowest BCUT2D eigenvalue weighted by Crippen LogP contribution is -2.22. The van der Waals surface area contributed by atoms with Gasteiger partial charge in [-0.3, -0.25) is 9.59 Å². The lowest BCUT2D eigenvalue weighted by Gasteiger charge is -2.17. The Morgan fingerprint density at radius 3 is 1.14 bits per heavy atom. The summed E-state index contributed by atoms with van der Waals surface area (Å²) < 4.78 is 0. The Bertz CT molecular complexity index is 916. The van der Waals surface area contributed by atoms with Crippen LogP contribution in [0.3, 0.4) is 0 Å². The molecule has 0 saturated carbocycles. The third kappa shape index (κ3) is 30.7. The zero-order chi connectivity index (χ0) is 36.2. The molecule has 0 heterocycles. The van der Waals surface area contributed by atoms with Crippen molar-refractivity contribution in [2.24, 2.45) is 0 Å². The molecule has 1 N–H and O–H groups in total. The quantitative estimate of drug-likeness (QED) is 0.0542. The molecule has 0 amide bonds. The van der Waals surface area contributed by atoms with Gasteiger partial charge in [-0.1, -0.05) is 224 Å². The fourth-order valence-electron chi connectivity index (χ4n) is 7.45. The first kappa shape index (κ1) is 49.5. The molecule has 0 bridgehead atoms. The van der Waals surface area contributed by atoms with Crippen molar-refractivity contribution in [3.05, 3.63) is 35.9 Å². The Balaban J connectivity index is 0.0000250. The molecule has 0 fully saturated rings. The highest BCUT2D eigenvalue weighted by Crippen LogP contribution is 2.26. The van der Waals surface area contributed by atoms with Crippen LogP contribution in [-0.4, -0.2) is 17.3 Å². The van der Waals surface area contributed by atoms with Crippen molar-refractivity contribution in [1.82, 2.24) is 0 Å². The standard InChI is InChI=1S/C47H83NO2.ClH/c1-3-5-7-9-11-13-15-17-18-20-22-26-33-39-44(49)40-34-27-24-25-29-36-42-46(48)47(50)45(43-37-31-30-32-38-43)41-35-28-23-21-19-16-14-12-10-8-6-4-2;/h30-32,37-38,45,48H,3-29,33-36,39-42H2,1-2H3;1H. The number of nitrogens with one attached hydrogen (secondary N) is 1. The van der Waals surface area contributed by atoms with Gasteiger partial charge in [-0.25, -0.2) is 0 Å². The molecule has 1 rings (SSSR count). The molecule has 4 heteroatoms. The van der Waals surface area contributed by atoms with Crippen molar-refractivity contribution >= 4 is 29.7 Å². The van der Waals surface area contributed by atoms with Crippen LogP contribution in [0.5, 0.6) is 0 Å². The largest absolute Gasteiger partial charge is 0.302 e. The van der Waals surface area contributed by atoms with E-state index in [1.54, 1.807) is 0 Å². The molecule has 1 aromatic rings. The van der Waals surface area contributed by atoms with Crippen molar-refractivity contribution in [2.45, 2.75) is 244 Å². The van der Waals surface area contributed by atoms with E-state index in [1.807, 2.05) is 18.2 Å². The number of halogens is 1. The monoisotopic (exact) mass is 730 g/mol. The number of hydrogen-bond acceptors (Lipinski definition) is 3. The molecule has 1 aromatic carbocycles. The van der Waals surface area contributed by atoms with Crippen molar-refractivity contribution in [2.75, 3.05) is 0 Å². The van der Waals surface area contributed by atoms with Gasteiger partial charge in [0.05, 0.1) is 5.71 Å². The minimum Gasteiger partial charge on any atom is -0.302 e. The number of rotatable bonds is 39. The number of hydrogen-bond donors (Lipinski definition) is 1. The molecule has 0 radical (unpaired) electrons. The summed E-state index contributed by atoms with van der Waals surface area (Å²) in [5, 5.41) is 8.60. The van der Waals surface area contributed by atoms with E-state index in [2.05, 4.69) is 26.0 Å². The molecule has 0 aliphatic carbocycles. The number of benzene rings is 1. The summed E-state index contributed by atoms with van der Waals surface area (Å²) in [5.74, 6) is 0.335. The number of unbranched alkanes of at least 4 members (excludes halogenated alkanes) is 28. The topological polar surface area (TPSA) is 58.0 Å². The Morgan fingerprint density at radius 1 is 0.451 bits per heavy atom. The van der Waals surface area contributed by atoms with Crippen molar-refractivity contribution in [3.8, 4) is 0 Å². The maximum Gasteiger partial charge on any atom is 0.183 e. The molecular weight excluding hydrogens is 646 g/mol. The van der Waals surface area contributed by atoms with Gasteiger partial charge >= 0.3 is 0 Å². The maximum absolute atomic E-state index is 13.4. The predicted molar refractivity (Wildman–Crippen MR) is 227 cm³/mol. The van der Waals surface area contributed by atoms with Gasteiger partial charge in [-0.2, -0.15) is 0 Å². The first-order valence-electron chi connectivity index (χ1n) is 22.3. The fourth-order valence-corrected chi connectivity index (χ4v) is 7.45. The third-order valence-electron chi connectivity index (χ3n) is 10.9. The van der Waals surface area contributed by atoms with Gasteiger partial charge in [-0.15, -0.1) is 12.4 Å². The Morgan fingerprint density at radius 2 is 0.765 bits per heavy atom. The molecule has 1 atom stereocenters. The summed E-state index contributed by atoms with van der Waals surface area (Å²) in [6.45, 7) is 4.56. The fraction of sp³-hybridized carbons (Fsp3) is 0.809. The van der Waals surface area contributed by atoms with Gasteiger partial charge < -0.3 is 5.41 Å².